The molecule has 0 heterocycles. The van der Waals surface area contributed by atoms with Gasteiger partial charge in [-0.2, -0.15) is 13.4 Å². The van der Waals surface area contributed by atoms with Crippen LogP contribution in [0.5, 0.6) is 11.5 Å². The van der Waals surface area contributed by atoms with E-state index in [0.717, 1.165) is 17.4 Å². The summed E-state index contributed by atoms with van der Waals surface area (Å²) >= 11 is 0. The number of nitrogens with one attached hydrogen (secondary N) is 1. The number of rotatable bonds is 11. The Bertz CT molecular complexity index is 1130. The minimum absolute atomic E-state index is 0.0509. The third kappa shape index (κ3) is 13.7. The van der Waals surface area contributed by atoms with Crippen LogP contribution in [0.1, 0.15) is 18.1 Å². The van der Waals surface area contributed by atoms with E-state index >= 15 is 0 Å². The molecule has 2 aromatic rings. The van der Waals surface area contributed by atoms with Gasteiger partial charge < -0.3 is 35.1 Å². The van der Waals surface area contributed by atoms with Crippen molar-refractivity contribution in [3.8, 4) is 11.5 Å². The molecular weight excluding hydrogens is 502 g/mol. The Labute approximate surface area is 217 Å². The van der Waals surface area contributed by atoms with E-state index in [-0.39, 0.29) is 17.7 Å². The number of nitrogens with two attached hydrogens (primary N) is 2. The average Bonchev–Trinajstić information content (AvgIpc) is 2.80. The highest BCUT2D eigenvalue weighted by Crippen LogP contribution is 2.17. The van der Waals surface area contributed by atoms with Crippen LogP contribution in [0.3, 0.4) is 0 Å². The summed E-state index contributed by atoms with van der Waals surface area (Å²) in [6.45, 7) is 2.56. The van der Waals surface area contributed by atoms with Crippen LogP contribution in [0.25, 0.3) is 0 Å². The van der Waals surface area contributed by atoms with E-state index in [1.807, 2.05) is 12.1 Å². The number of benzene rings is 2. The summed E-state index contributed by atoms with van der Waals surface area (Å²) in [7, 11) is -0.149. The molecule has 12 nitrogen and oxygen atoms in total. The van der Waals surface area contributed by atoms with E-state index < -0.39 is 22.2 Å². The third-order valence-corrected chi connectivity index (χ3v) is 4.97. The Hall–Kier alpha value is -3.84. The molecule has 0 saturated heterocycles. The van der Waals surface area contributed by atoms with Gasteiger partial charge in [0.2, 0.25) is 5.96 Å². The van der Waals surface area contributed by atoms with E-state index in [9.17, 15) is 13.2 Å². The van der Waals surface area contributed by atoms with Gasteiger partial charge in [0.15, 0.2) is 12.1 Å². The zero-order chi connectivity index (χ0) is 28.0. The summed E-state index contributed by atoms with van der Waals surface area (Å²) < 4.78 is 37.9. The fraction of sp³-hybridized carbons (Fsp3) is 0.375. The Morgan fingerprint density at radius 3 is 2.03 bits per heavy atom. The molecule has 0 spiro atoms. The fourth-order valence-electron chi connectivity index (χ4n) is 2.75. The molecule has 0 saturated carbocycles. The van der Waals surface area contributed by atoms with E-state index in [1.54, 1.807) is 57.4 Å². The summed E-state index contributed by atoms with van der Waals surface area (Å²) in [6, 6.07) is 14.0. The van der Waals surface area contributed by atoms with Crippen molar-refractivity contribution in [1.82, 2.24) is 4.90 Å². The van der Waals surface area contributed by atoms with E-state index in [0.29, 0.717) is 31.8 Å². The van der Waals surface area contributed by atoms with Crippen molar-refractivity contribution in [3.63, 3.8) is 0 Å². The molecule has 0 amide bonds. The average molecular weight is 538 g/mol. The van der Waals surface area contributed by atoms with Crippen LogP contribution in [0.4, 0.5) is 0 Å². The molecule has 0 radical (unpaired) electrons. The molecule has 1 atom stereocenters. The standard InChI is InChI=1S/C20H24O7S.C4H11N5/c1-3-25-19(20(21)22)14-16-6-8-17(9-7-16)26-13-12-15-4-10-18(11-5-15)27-28(2,23)24;1-9(2)4(7)8-3(5)6/h4-11,19H,3,12-14H2,1-2H3,(H,21,22);1-2H3,(H5,5,6,7,8)/t19-;/m0./s1. The topological polar surface area (TPSA) is 191 Å². The number of nitrogens with zero attached hydrogens (tertiary/aromatic N) is 2. The molecule has 204 valence electrons. The number of carboxylic acid groups (broad SMARTS) is 1. The molecule has 6 N–H and O–H groups in total. The number of hydrogen-bond donors (Lipinski definition) is 4. The minimum atomic E-state index is -3.53. The SMILES string of the molecule is CCO[C@@H](Cc1ccc(OCCc2ccc(OS(C)(=O)=O)cc2)cc1)C(=O)O.CN(C)C(=N)N=C(N)N. The van der Waals surface area contributed by atoms with Gasteiger partial charge in [-0.3, -0.25) is 5.41 Å². The van der Waals surface area contributed by atoms with Gasteiger partial charge >= 0.3 is 16.1 Å². The van der Waals surface area contributed by atoms with Crippen molar-refractivity contribution in [1.29, 1.82) is 5.41 Å². The summed E-state index contributed by atoms with van der Waals surface area (Å²) in [4.78, 5) is 16.1. The summed E-state index contributed by atoms with van der Waals surface area (Å²) in [6.07, 6.45) is 1.09. The lowest BCUT2D eigenvalue weighted by Gasteiger charge is -2.13. The number of carbonyl (C=O) groups is 1. The van der Waals surface area contributed by atoms with Crippen LogP contribution in [0, 0.1) is 5.41 Å². The first-order chi connectivity index (χ1) is 17.3. The van der Waals surface area contributed by atoms with Gasteiger partial charge in [0.05, 0.1) is 12.9 Å². The highest BCUT2D eigenvalue weighted by Gasteiger charge is 2.17. The molecule has 13 heteroatoms. The maximum Gasteiger partial charge on any atom is 0.333 e. The van der Waals surface area contributed by atoms with Gasteiger partial charge in [-0.25, -0.2) is 4.79 Å². The predicted octanol–water partition coefficient (Wildman–Crippen LogP) is 1.43. The van der Waals surface area contributed by atoms with Crippen LogP contribution >= 0.6 is 0 Å². The molecule has 37 heavy (non-hydrogen) atoms. The molecule has 0 aliphatic carbocycles. The maximum atomic E-state index is 11.1. The van der Waals surface area contributed by atoms with Crippen LogP contribution in [-0.4, -0.2) is 76.0 Å². The van der Waals surface area contributed by atoms with Gasteiger partial charge in [-0.05, 0) is 42.3 Å². The zero-order valence-electron chi connectivity index (χ0n) is 21.4. The lowest BCUT2D eigenvalue weighted by atomic mass is 10.1. The summed E-state index contributed by atoms with van der Waals surface area (Å²) in [5.41, 5.74) is 11.8. The lowest BCUT2D eigenvalue weighted by Crippen LogP contribution is -2.28. The van der Waals surface area contributed by atoms with Crippen LogP contribution in [0.2, 0.25) is 0 Å². The van der Waals surface area contributed by atoms with Gasteiger partial charge in [0, 0.05) is 33.5 Å². The first-order valence-corrected chi connectivity index (χ1v) is 13.0. The molecule has 0 aromatic heterocycles. The number of guanidine groups is 2. The Morgan fingerprint density at radius 2 is 1.59 bits per heavy atom. The highest BCUT2D eigenvalue weighted by atomic mass is 32.2. The molecule has 2 rings (SSSR count). The van der Waals surface area contributed by atoms with Crippen molar-refractivity contribution < 1.29 is 32.0 Å². The maximum absolute atomic E-state index is 11.1. The number of aliphatic carboxylic acids is 1. The first kappa shape index (κ1) is 31.2. The van der Waals surface area contributed by atoms with Crippen molar-refractivity contribution in [3.05, 3.63) is 59.7 Å². The number of aliphatic imine (C=N–C) groups is 1. The van der Waals surface area contributed by atoms with Crippen molar-refractivity contribution in [2.75, 3.05) is 33.6 Å². The van der Waals surface area contributed by atoms with Crippen LogP contribution in [0.15, 0.2) is 53.5 Å². The molecule has 0 aliphatic heterocycles. The fourth-order valence-corrected chi connectivity index (χ4v) is 3.21. The van der Waals surface area contributed by atoms with Gasteiger partial charge in [0.25, 0.3) is 0 Å². The number of ether oxygens (including phenoxy) is 2. The molecule has 0 bridgehead atoms. The molecule has 2 aromatic carbocycles. The van der Waals surface area contributed by atoms with E-state index in [4.69, 9.17) is 35.6 Å². The highest BCUT2D eigenvalue weighted by molar-refractivity contribution is 7.86. The molecule has 0 aliphatic rings. The first-order valence-electron chi connectivity index (χ1n) is 11.2. The third-order valence-electron chi connectivity index (χ3n) is 4.48. The molecule has 0 unspecified atom stereocenters. The van der Waals surface area contributed by atoms with Crippen LogP contribution < -0.4 is 20.4 Å². The molecule has 0 fully saturated rings. The number of carboxylic acids is 1. The second kappa shape index (κ2) is 15.3. The Balaban J connectivity index is 0.000000649. The van der Waals surface area contributed by atoms with Gasteiger partial charge in [-0.15, -0.1) is 0 Å². The number of hydrogen-bond acceptors (Lipinski definition) is 7. The summed E-state index contributed by atoms with van der Waals surface area (Å²) in [5, 5.41) is 16.2. The minimum Gasteiger partial charge on any atom is -0.493 e. The quantitative estimate of drug-likeness (QED) is 0.185. The second-order valence-electron chi connectivity index (χ2n) is 7.91. The van der Waals surface area contributed by atoms with Crippen molar-refractivity contribution in [2.24, 2.45) is 16.5 Å². The molecular formula is C24H35N5O7S. The van der Waals surface area contributed by atoms with E-state index in [1.165, 1.54) is 4.90 Å². The predicted molar refractivity (Wildman–Crippen MR) is 142 cm³/mol. The largest absolute Gasteiger partial charge is 0.493 e. The monoisotopic (exact) mass is 537 g/mol. The van der Waals surface area contributed by atoms with Crippen molar-refractivity contribution in [2.45, 2.75) is 25.9 Å². The Morgan fingerprint density at radius 1 is 1.05 bits per heavy atom. The Kier molecular flexibility index (Phi) is 12.9. The lowest BCUT2D eigenvalue weighted by molar-refractivity contribution is -0.149. The normalized spacial score (nSPS) is 11.4. The smallest absolute Gasteiger partial charge is 0.333 e. The second-order valence-corrected chi connectivity index (χ2v) is 9.49. The van der Waals surface area contributed by atoms with Gasteiger partial charge in [-0.1, -0.05) is 24.3 Å². The van der Waals surface area contributed by atoms with Crippen molar-refractivity contribution >= 4 is 28.0 Å². The van der Waals surface area contributed by atoms with Gasteiger partial charge in [0.1, 0.15) is 11.5 Å². The van der Waals surface area contributed by atoms with Crippen LogP contribution in [-0.2, 0) is 32.5 Å². The zero-order valence-corrected chi connectivity index (χ0v) is 22.2. The van der Waals surface area contributed by atoms with E-state index in [2.05, 4.69) is 4.99 Å². The summed E-state index contributed by atoms with van der Waals surface area (Å²) in [5.74, 6) is -0.0580.